The van der Waals surface area contributed by atoms with Gasteiger partial charge in [-0.15, -0.1) is 0 Å². The minimum absolute atomic E-state index is 0.0248. The van der Waals surface area contributed by atoms with E-state index in [0.29, 0.717) is 34.4 Å². The number of ether oxygens (including phenoxy) is 2. The van der Waals surface area contributed by atoms with E-state index in [0.717, 1.165) is 5.56 Å². The fourth-order valence-corrected chi connectivity index (χ4v) is 3.36. The van der Waals surface area contributed by atoms with Crippen LogP contribution in [0.3, 0.4) is 0 Å². The summed E-state index contributed by atoms with van der Waals surface area (Å²) in [4.78, 5) is 11.5. The van der Waals surface area contributed by atoms with Crippen molar-refractivity contribution in [3.63, 3.8) is 0 Å². The molecule has 142 valence electrons. The summed E-state index contributed by atoms with van der Waals surface area (Å²) in [5.41, 5.74) is 2.85. The van der Waals surface area contributed by atoms with Crippen molar-refractivity contribution in [2.75, 3.05) is 0 Å². The summed E-state index contributed by atoms with van der Waals surface area (Å²) in [6, 6.07) is 11.4. The molecule has 0 aromatic heterocycles. The first-order chi connectivity index (χ1) is 12.9. The molecule has 2 atom stereocenters. The Morgan fingerprint density at radius 1 is 1.26 bits per heavy atom. The average Bonchev–Trinajstić information content (AvgIpc) is 2.59. The first-order valence-corrected chi connectivity index (χ1v) is 9.39. The predicted octanol–water partition coefficient (Wildman–Crippen LogP) is 4.96. The Bertz CT molecular complexity index is 846. The van der Waals surface area contributed by atoms with Crippen LogP contribution in [0.25, 0.3) is 6.08 Å². The minimum atomic E-state index is -0.696. The van der Waals surface area contributed by atoms with Gasteiger partial charge in [-0.3, -0.25) is 4.79 Å². The summed E-state index contributed by atoms with van der Waals surface area (Å²) in [6.07, 6.45) is 2.62. The van der Waals surface area contributed by atoms with Crippen LogP contribution in [0.4, 0.5) is 0 Å². The third-order valence-electron chi connectivity index (χ3n) is 4.24. The van der Waals surface area contributed by atoms with Gasteiger partial charge < -0.3 is 14.6 Å². The maximum Gasteiger partial charge on any atom is 0.309 e. The normalized spacial score (nSPS) is 19.9. The van der Waals surface area contributed by atoms with Crippen molar-refractivity contribution in [2.45, 2.75) is 38.6 Å². The lowest BCUT2D eigenvalue weighted by Crippen LogP contribution is -2.31. The van der Waals surface area contributed by atoms with E-state index >= 15 is 0 Å². The molecule has 1 N–H and O–H groups in total. The Kier molecular flexibility index (Phi) is 6.42. The molecule has 2 aromatic rings. The lowest BCUT2D eigenvalue weighted by atomic mass is 10.0. The second-order valence-electron chi connectivity index (χ2n) is 6.55. The molecule has 27 heavy (non-hydrogen) atoms. The average molecular weight is 407 g/mol. The zero-order valence-electron chi connectivity index (χ0n) is 14.8. The summed E-state index contributed by atoms with van der Waals surface area (Å²) in [5.74, 6) is 0.119. The molecule has 1 fully saturated rings. The highest BCUT2D eigenvalue weighted by atomic mass is 35.5. The largest absolute Gasteiger partial charge is 0.488 e. The molecule has 1 aliphatic rings. The van der Waals surface area contributed by atoms with Gasteiger partial charge in [-0.25, -0.2) is 0 Å². The molecular weight excluding hydrogens is 387 g/mol. The number of rotatable bonds is 5. The van der Waals surface area contributed by atoms with Crippen LogP contribution in [0.15, 0.2) is 42.5 Å². The van der Waals surface area contributed by atoms with Crippen LogP contribution in [-0.4, -0.2) is 23.3 Å². The molecule has 4 nitrogen and oxygen atoms in total. The van der Waals surface area contributed by atoms with Gasteiger partial charge in [0.05, 0.1) is 17.5 Å². The van der Waals surface area contributed by atoms with Crippen LogP contribution in [0.2, 0.25) is 10.0 Å². The van der Waals surface area contributed by atoms with Crippen LogP contribution < -0.4 is 4.74 Å². The third-order valence-corrected chi connectivity index (χ3v) is 4.77. The molecule has 1 aliphatic heterocycles. The third kappa shape index (κ3) is 5.48. The summed E-state index contributed by atoms with van der Waals surface area (Å²) in [6.45, 7) is 2.40. The summed E-state index contributed by atoms with van der Waals surface area (Å²) in [5, 5.41) is 10.6. The van der Waals surface area contributed by atoms with E-state index in [1.54, 1.807) is 24.3 Å². The molecule has 0 aliphatic carbocycles. The van der Waals surface area contributed by atoms with E-state index < -0.39 is 18.2 Å². The molecule has 6 heteroatoms. The van der Waals surface area contributed by atoms with Crippen molar-refractivity contribution in [1.29, 1.82) is 0 Å². The van der Waals surface area contributed by atoms with E-state index in [4.69, 9.17) is 32.7 Å². The molecule has 2 aromatic carbocycles. The Balaban J connectivity index is 1.78. The number of hydrogen-bond acceptors (Lipinski definition) is 4. The molecule has 1 heterocycles. The number of carbonyl (C=O) groups is 1. The molecule has 0 radical (unpaired) electrons. The fourth-order valence-electron chi connectivity index (χ4n) is 2.82. The predicted molar refractivity (Wildman–Crippen MR) is 106 cm³/mol. The standard InChI is InChI=1S/C21H20Cl2O4/c1-13-2-4-14(5-3-13)12-26-20-9-15(22)8-19(23)18(20)7-6-17-10-16(24)11-21(25)27-17/h2-9,16-17,24H,10-12H2,1H3/b7-6+/t16-,17-/m1/s1. The molecule has 0 bridgehead atoms. The number of aliphatic hydroxyl groups is 1. The van der Waals surface area contributed by atoms with Gasteiger partial charge in [0.15, 0.2) is 0 Å². The number of aryl methyl sites for hydroxylation is 1. The maximum atomic E-state index is 11.5. The Labute approximate surface area is 168 Å². The molecule has 0 spiro atoms. The van der Waals surface area contributed by atoms with Gasteiger partial charge in [0.25, 0.3) is 0 Å². The van der Waals surface area contributed by atoms with Crippen LogP contribution in [0.1, 0.15) is 29.5 Å². The van der Waals surface area contributed by atoms with E-state index in [9.17, 15) is 9.90 Å². The fraction of sp³-hybridized carbons (Fsp3) is 0.286. The number of esters is 1. The lowest BCUT2D eigenvalue weighted by Gasteiger charge is -2.23. The van der Waals surface area contributed by atoms with Crippen molar-refractivity contribution in [1.82, 2.24) is 0 Å². The second kappa shape index (κ2) is 8.79. The summed E-state index contributed by atoms with van der Waals surface area (Å²) < 4.78 is 11.2. The molecule has 0 amide bonds. The first kappa shape index (κ1) is 19.7. The zero-order valence-corrected chi connectivity index (χ0v) is 16.3. The lowest BCUT2D eigenvalue weighted by molar-refractivity contribution is -0.156. The van der Waals surface area contributed by atoms with Gasteiger partial charge in [-0.2, -0.15) is 0 Å². The van der Waals surface area contributed by atoms with Crippen molar-refractivity contribution in [3.05, 3.63) is 69.2 Å². The highest BCUT2D eigenvalue weighted by Gasteiger charge is 2.25. The monoisotopic (exact) mass is 406 g/mol. The van der Waals surface area contributed by atoms with E-state index in [2.05, 4.69) is 0 Å². The van der Waals surface area contributed by atoms with Crippen molar-refractivity contribution in [3.8, 4) is 5.75 Å². The number of hydrogen-bond donors (Lipinski definition) is 1. The van der Waals surface area contributed by atoms with Crippen molar-refractivity contribution in [2.24, 2.45) is 0 Å². The number of halogens is 2. The van der Waals surface area contributed by atoms with E-state index in [1.807, 2.05) is 31.2 Å². The Morgan fingerprint density at radius 3 is 2.70 bits per heavy atom. The molecule has 1 saturated heterocycles. The van der Waals surface area contributed by atoms with E-state index in [1.165, 1.54) is 5.56 Å². The highest BCUT2D eigenvalue weighted by molar-refractivity contribution is 6.35. The van der Waals surface area contributed by atoms with Gasteiger partial charge in [0, 0.05) is 17.0 Å². The van der Waals surface area contributed by atoms with Gasteiger partial charge in [-0.1, -0.05) is 59.1 Å². The molecular formula is C21H20Cl2O4. The minimum Gasteiger partial charge on any atom is -0.488 e. The molecule has 3 rings (SSSR count). The van der Waals surface area contributed by atoms with Crippen molar-refractivity contribution < 1.29 is 19.4 Å². The van der Waals surface area contributed by atoms with Crippen LogP contribution in [0, 0.1) is 6.92 Å². The van der Waals surface area contributed by atoms with Crippen molar-refractivity contribution >= 4 is 35.2 Å². The maximum absolute atomic E-state index is 11.5. The highest BCUT2D eigenvalue weighted by Crippen LogP contribution is 2.33. The summed E-state index contributed by atoms with van der Waals surface area (Å²) >= 11 is 12.5. The number of cyclic esters (lactones) is 1. The quantitative estimate of drug-likeness (QED) is 0.712. The van der Waals surface area contributed by atoms with Crippen LogP contribution >= 0.6 is 23.2 Å². The van der Waals surface area contributed by atoms with Gasteiger partial charge in [-0.05, 0) is 30.7 Å². The van der Waals surface area contributed by atoms with Crippen LogP contribution in [-0.2, 0) is 16.1 Å². The Morgan fingerprint density at radius 2 is 2.00 bits per heavy atom. The van der Waals surface area contributed by atoms with E-state index in [-0.39, 0.29) is 6.42 Å². The number of benzene rings is 2. The zero-order chi connectivity index (χ0) is 19.4. The topological polar surface area (TPSA) is 55.8 Å². The van der Waals surface area contributed by atoms with Gasteiger partial charge >= 0.3 is 5.97 Å². The second-order valence-corrected chi connectivity index (χ2v) is 7.40. The molecule has 0 unspecified atom stereocenters. The Hall–Kier alpha value is -2.01. The van der Waals surface area contributed by atoms with Crippen LogP contribution in [0.5, 0.6) is 5.75 Å². The molecule has 0 saturated carbocycles. The number of aliphatic hydroxyl groups excluding tert-OH is 1. The van der Waals surface area contributed by atoms with Gasteiger partial charge in [0.2, 0.25) is 0 Å². The number of carbonyl (C=O) groups excluding carboxylic acids is 1. The van der Waals surface area contributed by atoms with Gasteiger partial charge in [0.1, 0.15) is 18.5 Å². The first-order valence-electron chi connectivity index (χ1n) is 8.64. The SMILES string of the molecule is Cc1ccc(COc2cc(Cl)cc(Cl)c2/C=C/[C@@H]2C[C@@H](O)CC(=O)O2)cc1. The summed E-state index contributed by atoms with van der Waals surface area (Å²) in [7, 11) is 0. The smallest absolute Gasteiger partial charge is 0.309 e.